The minimum Gasteiger partial charge on any atom is -0.497 e. The lowest BCUT2D eigenvalue weighted by atomic mass is 9.82. The first-order valence-electron chi connectivity index (χ1n) is 12.8. The minimum absolute atomic E-state index is 0.0783. The first kappa shape index (κ1) is 27.7. The molecule has 0 spiro atoms. The molecular formula is C30H33BrN2O5. The Bertz CT molecular complexity index is 1250. The molecule has 200 valence electrons. The van der Waals surface area contributed by atoms with Crippen molar-refractivity contribution in [1.82, 2.24) is 5.32 Å². The smallest absolute Gasteiger partial charge is 0.252 e. The molecule has 0 fully saturated rings. The molecule has 8 heteroatoms. The maximum Gasteiger partial charge on any atom is 0.252 e. The van der Waals surface area contributed by atoms with Crippen LogP contribution in [0.4, 0.5) is 0 Å². The van der Waals surface area contributed by atoms with E-state index in [2.05, 4.69) is 21.2 Å². The van der Waals surface area contributed by atoms with E-state index in [1.807, 2.05) is 79.7 Å². The Morgan fingerprint density at radius 2 is 1.87 bits per heavy atom. The van der Waals surface area contributed by atoms with Crippen molar-refractivity contribution >= 4 is 27.7 Å². The van der Waals surface area contributed by atoms with E-state index >= 15 is 0 Å². The Morgan fingerprint density at radius 3 is 2.55 bits per heavy atom. The van der Waals surface area contributed by atoms with Gasteiger partial charge in [0, 0.05) is 36.0 Å². The van der Waals surface area contributed by atoms with Gasteiger partial charge in [-0.15, -0.1) is 0 Å². The maximum atomic E-state index is 13.9. The third-order valence-electron chi connectivity index (χ3n) is 6.35. The van der Waals surface area contributed by atoms with Crippen LogP contribution >= 0.6 is 15.9 Å². The van der Waals surface area contributed by atoms with E-state index in [4.69, 9.17) is 24.3 Å². The van der Waals surface area contributed by atoms with E-state index in [-0.39, 0.29) is 12.5 Å². The van der Waals surface area contributed by atoms with Gasteiger partial charge in [0.2, 0.25) is 5.90 Å². The fourth-order valence-electron chi connectivity index (χ4n) is 4.39. The number of methoxy groups -OCH3 is 1. The predicted molar refractivity (Wildman–Crippen MR) is 151 cm³/mol. The van der Waals surface area contributed by atoms with Crippen molar-refractivity contribution < 1.29 is 24.1 Å². The lowest BCUT2D eigenvalue weighted by Gasteiger charge is -2.31. The fourth-order valence-corrected chi connectivity index (χ4v) is 4.66. The van der Waals surface area contributed by atoms with E-state index in [9.17, 15) is 4.79 Å². The number of hydrogen-bond acceptors (Lipinski definition) is 6. The molecule has 1 amide bonds. The molecule has 0 saturated heterocycles. The highest BCUT2D eigenvalue weighted by Gasteiger charge is 2.53. The van der Waals surface area contributed by atoms with Crippen molar-refractivity contribution in [3.8, 4) is 11.5 Å². The van der Waals surface area contributed by atoms with Crippen LogP contribution in [0.5, 0.6) is 11.5 Å². The molecule has 3 aromatic rings. The summed E-state index contributed by atoms with van der Waals surface area (Å²) in [7, 11) is 1.61. The van der Waals surface area contributed by atoms with E-state index in [1.165, 1.54) is 0 Å². The van der Waals surface area contributed by atoms with Gasteiger partial charge in [0.25, 0.3) is 5.91 Å². The highest BCUT2D eigenvalue weighted by atomic mass is 79.9. The summed E-state index contributed by atoms with van der Waals surface area (Å²) in [5.74, 6) is 1.57. The average molecular weight is 582 g/mol. The van der Waals surface area contributed by atoms with Gasteiger partial charge in [-0.1, -0.05) is 47.1 Å². The molecule has 0 bridgehead atoms. The van der Waals surface area contributed by atoms with E-state index in [1.54, 1.807) is 7.11 Å². The first-order valence-corrected chi connectivity index (χ1v) is 13.6. The molecule has 38 heavy (non-hydrogen) atoms. The number of hydrogen-bond donors (Lipinski definition) is 2. The number of ether oxygens (including phenoxy) is 3. The number of halogens is 1. The summed E-state index contributed by atoms with van der Waals surface area (Å²) in [6.07, 6.45) is 1.04. The Hall–Kier alpha value is -3.36. The van der Waals surface area contributed by atoms with Gasteiger partial charge in [0.15, 0.2) is 11.6 Å². The highest BCUT2D eigenvalue weighted by Crippen LogP contribution is 2.43. The molecule has 7 nitrogen and oxygen atoms in total. The third kappa shape index (κ3) is 6.37. The summed E-state index contributed by atoms with van der Waals surface area (Å²) >= 11 is 3.50. The lowest BCUT2D eigenvalue weighted by Crippen LogP contribution is -2.50. The summed E-state index contributed by atoms with van der Waals surface area (Å²) < 4.78 is 18.6. The molecule has 2 atom stereocenters. The second-order valence-electron chi connectivity index (χ2n) is 9.12. The molecule has 4 rings (SSSR count). The van der Waals surface area contributed by atoms with Crippen LogP contribution in [0.25, 0.3) is 0 Å². The van der Waals surface area contributed by atoms with Gasteiger partial charge in [-0.05, 0) is 66.1 Å². The summed E-state index contributed by atoms with van der Waals surface area (Å²) in [5, 5.41) is 12.1. The Morgan fingerprint density at radius 1 is 1.11 bits per heavy atom. The summed E-state index contributed by atoms with van der Waals surface area (Å²) in [4.78, 5) is 19.0. The van der Waals surface area contributed by atoms with E-state index in [0.717, 1.165) is 27.6 Å². The molecule has 1 aliphatic heterocycles. The number of nitrogens with zero attached hydrogens (tertiary/aromatic N) is 1. The number of nitrogens with one attached hydrogen (secondary N) is 1. The van der Waals surface area contributed by atoms with E-state index < -0.39 is 11.6 Å². The summed E-state index contributed by atoms with van der Waals surface area (Å²) in [6, 6.07) is 22.9. The van der Waals surface area contributed by atoms with E-state index in [0.29, 0.717) is 43.4 Å². The van der Waals surface area contributed by atoms with Crippen molar-refractivity contribution in [1.29, 1.82) is 0 Å². The molecule has 1 heterocycles. The molecule has 0 unspecified atom stereocenters. The van der Waals surface area contributed by atoms with Crippen molar-refractivity contribution in [2.24, 2.45) is 4.99 Å². The molecule has 3 aromatic carbocycles. The average Bonchev–Trinajstić information content (AvgIpc) is 3.34. The highest BCUT2D eigenvalue weighted by molar-refractivity contribution is 9.10. The van der Waals surface area contributed by atoms with Crippen LogP contribution in [0.15, 0.2) is 82.3 Å². The van der Waals surface area contributed by atoms with Gasteiger partial charge in [-0.3, -0.25) is 4.79 Å². The number of amides is 1. The number of aliphatic imine (C=N–C) groups is 1. The molecule has 2 N–H and O–H groups in total. The standard InChI is InChI=1S/C30H33BrN2O5/c1-3-16-32-29(35)30(20-21-8-12-24(31)13-9-21)27(23-6-4-7-26(19-23)36-2)38-28(33-30)22-10-14-25(15-11-22)37-18-5-17-34/h4,6-15,19,27,34H,3,5,16-18,20H2,1-2H3,(H,32,35)/t27-,30-/m1/s1. The second-order valence-corrected chi connectivity index (χ2v) is 10.0. The quantitative estimate of drug-likeness (QED) is 0.286. The number of carbonyl (C=O) groups excluding carboxylic acids is 1. The number of aliphatic hydroxyl groups is 1. The van der Waals surface area contributed by atoms with Crippen molar-refractivity contribution in [2.45, 2.75) is 37.8 Å². The fraction of sp³-hybridized carbons (Fsp3) is 0.333. The number of carbonyl (C=O) groups is 1. The van der Waals surface area contributed by atoms with Gasteiger partial charge in [-0.2, -0.15) is 0 Å². The predicted octanol–water partition coefficient (Wildman–Crippen LogP) is 5.24. The number of rotatable bonds is 12. The second kappa shape index (κ2) is 12.9. The van der Waals surface area contributed by atoms with Crippen molar-refractivity contribution in [3.05, 3.63) is 94.0 Å². The summed E-state index contributed by atoms with van der Waals surface area (Å²) in [6.45, 7) is 3.07. The Balaban J connectivity index is 1.77. The molecule has 0 aliphatic carbocycles. The Kier molecular flexibility index (Phi) is 9.42. The van der Waals surface area contributed by atoms with Crippen LogP contribution in [0, 0.1) is 0 Å². The third-order valence-corrected chi connectivity index (χ3v) is 6.88. The van der Waals surface area contributed by atoms with Gasteiger partial charge in [0.1, 0.15) is 11.5 Å². The maximum absolute atomic E-state index is 13.9. The largest absolute Gasteiger partial charge is 0.497 e. The van der Waals surface area contributed by atoms with Crippen LogP contribution in [-0.4, -0.2) is 49.3 Å². The molecule has 0 aromatic heterocycles. The van der Waals surface area contributed by atoms with Crippen LogP contribution in [0.3, 0.4) is 0 Å². The van der Waals surface area contributed by atoms with Crippen molar-refractivity contribution in [3.63, 3.8) is 0 Å². The zero-order chi connectivity index (χ0) is 27.0. The van der Waals surface area contributed by atoms with Crippen molar-refractivity contribution in [2.75, 3.05) is 26.9 Å². The first-order chi connectivity index (χ1) is 18.5. The topological polar surface area (TPSA) is 89.4 Å². The monoisotopic (exact) mass is 580 g/mol. The SMILES string of the molecule is CCCNC(=O)[C@]1(Cc2ccc(Br)cc2)N=C(c2ccc(OCCCO)cc2)O[C@@H]1c1cccc(OC)c1. The molecule has 1 aliphatic rings. The van der Waals surface area contributed by atoms with Gasteiger partial charge in [-0.25, -0.2) is 4.99 Å². The zero-order valence-corrected chi connectivity index (χ0v) is 23.2. The normalized spacial score (nSPS) is 18.4. The molecule has 0 radical (unpaired) electrons. The summed E-state index contributed by atoms with van der Waals surface area (Å²) in [5.41, 5.74) is 1.28. The van der Waals surface area contributed by atoms with Crippen LogP contribution in [-0.2, 0) is 16.0 Å². The lowest BCUT2D eigenvalue weighted by molar-refractivity contribution is -0.128. The van der Waals surface area contributed by atoms with Gasteiger partial charge >= 0.3 is 0 Å². The van der Waals surface area contributed by atoms with Crippen LogP contribution in [0.1, 0.15) is 42.6 Å². The molecular weight excluding hydrogens is 548 g/mol. The number of benzene rings is 3. The van der Waals surface area contributed by atoms with Crippen LogP contribution < -0.4 is 14.8 Å². The number of aliphatic hydroxyl groups excluding tert-OH is 1. The van der Waals surface area contributed by atoms with Gasteiger partial charge in [0.05, 0.1) is 13.7 Å². The molecule has 0 saturated carbocycles. The van der Waals surface area contributed by atoms with Crippen LogP contribution in [0.2, 0.25) is 0 Å². The van der Waals surface area contributed by atoms with Gasteiger partial charge < -0.3 is 24.6 Å². The minimum atomic E-state index is -1.24. The zero-order valence-electron chi connectivity index (χ0n) is 21.7. The Labute approximate surface area is 232 Å².